The standard InChI is InChI=1S/C18H27N3O/c1-15-5-4-12-21(14-15)18(22)13-19-16-6-8-17(9-7-16)20-10-2-3-11-20/h6-9,15,19H,2-5,10-14H2,1H3. The Labute approximate surface area is 133 Å². The number of carbonyl (C=O) groups excluding carboxylic acids is 1. The maximum atomic E-state index is 12.2. The van der Waals surface area contributed by atoms with Gasteiger partial charge in [0.25, 0.3) is 0 Å². The van der Waals surface area contributed by atoms with E-state index in [9.17, 15) is 4.79 Å². The van der Waals surface area contributed by atoms with E-state index in [0.717, 1.165) is 25.2 Å². The molecule has 1 N–H and O–H groups in total. The minimum absolute atomic E-state index is 0.218. The van der Waals surface area contributed by atoms with Gasteiger partial charge in [-0.15, -0.1) is 0 Å². The molecule has 120 valence electrons. The van der Waals surface area contributed by atoms with Gasteiger partial charge in [0.05, 0.1) is 6.54 Å². The van der Waals surface area contributed by atoms with Crippen molar-refractivity contribution in [2.24, 2.45) is 5.92 Å². The lowest BCUT2D eigenvalue weighted by molar-refractivity contribution is -0.130. The fraction of sp³-hybridized carbons (Fsp3) is 0.611. The van der Waals surface area contributed by atoms with Gasteiger partial charge in [-0.3, -0.25) is 4.79 Å². The Morgan fingerprint density at radius 3 is 2.55 bits per heavy atom. The van der Waals surface area contributed by atoms with Crippen LogP contribution in [0, 0.1) is 5.92 Å². The molecule has 0 bridgehead atoms. The summed E-state index contributed by atoms with van der Waals surface area (Å²) in [4.78, 5) is 16.7. The Morgan fingerprint density at radius 1 is 1.14 bits per heavy atom. The minimum atomic E-state index is 0.218. The van der Waals surface area contributed by atoms with Crippen molar-refractivity contribution in [3.63, 3.8) is 0 Å². The van der Waals surface area contributed by atoms with E-state index in [1.165, 1.54) is 38.0 Å². The second-order valence-corrected chi connectivity index (χ2v) is 6.68. The molecule has 2 saturated heterocycles. The highest BCUT2D eigenvalue weighted by molar-refractivity contribution is 5.81. The number of benzene rings is 1. The zero-order valence-electron chi connectivity index (χ0n) is 13.6. The number of hydrogen-bond acceptors (Lipinski definition) is 3. The molecule has 1 unspecified atom stereocenters. The van der Waals surface area contributed by atoms with Crippen LogP contribution in [0.1, 0.15) is 32.6 Å². The molecule has 1 aromatic carbocycles. The second kappa shape index (κ2) is 7.03. The molecule has 0 aliphatic carbocycles. The van der Waals surface area contributed by atoms with E-state index in [4.69, 9.17) is 0 Å². The van der Waals surface area contributed by atoms with E-state index in [1.807, 2.05) is 4.90 Å². The van der Waals surface area contributed by atoms with Gasteiger partial charge in [-0.05, 0) is 55.9 Å². The largest absolute Gasteiger partial charge is 0.376 e. The third-order valence-corrected chi connectivity index (χ3v) is 4.79. The average Bonchev–Trinajstić information content (AvgIpc) is 3.07. The first kappa shape index (κ1) is 15.2. The quantitative estimate of drug-likeness (QED) is 0.929. The van der Waals surface area contributed by atoms with Gasteiger partial charge >= 0.3 is 0 Å². The molecule has 2 heterocycles. The zero-order valence-corrected chi connectivity index (χ0v) is 13.6. The molecular weight excluding hydrogens is 274 g/mol. The highest BCUT2D eigenvalue weighted by atomic mass is 16.2. The van der Waals surface area contributed by atoms with Gasteiger partial charge in [-0.25, -0.2) is 0 Å². The fourth-order valence-electron chi connectivity index (χ4n) is 3.47. The predicted molar refractivity (Wildman–Crippen MR) is 91.4 cm³/mol. The first-order chi connectivity index (χ1) is 10.7. The van der Waals surface area contributed by atoms with Crippen molar-refractivity contribution >= 4 is 17.3 Å². The third kappa shape index (κ3) is 3.73. The normalized spacial score (nSPS) is 22.0. The molecule has 0 aromatic heterocycles. The summed E-state index contributed by atoms with van der Waals surface area (Å²) in [6.45, 7) is 6.78. The molecule has 0 spiro atoms. The molecule has 3 rings (SSSR count). The van der Waals surface area contributed by atoms with Crippen LogP contribution in [0.3, 0.4) is 0 Å². The molecule has 1 amide bonds. The van der Waals surface area contributed by atoms with Gasteiger partial charge in [0, 0.05) is 37.6 Å². The van der Waals surface area contributed by atoms with Crippen molar-refractivity contribution in [2.75, 3.05) is 42.9 Å². The van der Waals surface area contributed by atoms with Gasteiger partial charge in [-0.1, -0.05) is 6.92 Å². The molecule has 1 aromatic rings. The summed E-state index contributed by atoms with van der Waals surface area (Å²) in [6, 6.07) is 8.47. The van der Waals surface area contributed by atoms with Crippen LogP contribution in [0.15, 0.2) is 24.3 Å². The van der Waals surface area contributed by atoms with Gasteiger partial charge in [0.1, 0.15) is 0 Å². The van der Waals surface area contributed by atoms with Crippen molar-refractivity contribution in [3.05, 3.63) is 24.3 Å². The van der Waals surface area contributed by atoms with Crippen molar-refractivity contribution in [1.29, 1.82) is 0 Å². The monoisotopic (exact) mass is 301 g/mol. The number of anilines is 2. The number of amides is 1. The van der Waals surface area contributed by atoms with Crippen LogP contribution in [0.25, 0.3) is 0 Å². The summed E-state index contributed by atoms with van der Waals surface area (Å²) in [5.41, 5.74) is 2.32. The topological polar surface area (TPSA) is 35.6 Å². The molecule has 22 heavy (non-hydrogen) atoms. The fourth-order valence-corrected chi connectivity index (χ4v) is 3.47. The maximum absolute atomic E-state index is 12.2. The molecule has 0 saturated carbocycles. The molecule has 0 radical (unpaired) electrons. The highest BCUT2D eigenvalue weighted by Crippen LogP contribution is 2.22. The Balaban J connectivity index is 1.49. The van der Waals surface area contributed by atoms with E-state index >= 15 is 0 Å². The van der Waals surface area contributed by atoms with Crippen LogP contribution in [0.5, 0.6) is 0 Å². The van der Waals surface area contributed by atoms with Crippen LogP contribution in [0.4, 0.5) is 11.4 Å². The van der Waals surface area contributed by atoms with Crippen LogP contribution in [-0.4, -0.2) is 43.5 Å². The first-order valence-electron chi connectivity index (χ1n) is 8.59. The summed E-state index contributed by atoms with van der Waals surface area (Å²) in [6.07, 6.45) is 4.97. The molecule has 4 heteroatoms. The number of nitrogens with one attached hydrogen (secondary N) is 1. The smallest absolute Gasteiger partial charge is 0.241 e. The number of piperidine rings is 1. The molecule has 2 fully saturated rings. The predicted octanol–water partition coefficient (Wildman–Crippen LogP) is 2.96. The van der Waals surface area contributed by atoms with Crippen molar-refractivity contribution < 1.29 is 4.79 Å². The zero-order chi connectivity index (χ0) is 15.4. The van der Waals surface area contributed by atoms with E-state index in [2.05, 4.69) is 41.4 Å². The maximum Gasteiger partial charge on any atom is 0.241 e. The molecular formula is C18H27N3O. The summed E-state index contributed by atoms with van der Waals surface area (Å²) < 4.78 is 0. The average molecular weight is 301 g/mol. The van der Waals surface area contributed by atoms with Crippen molar-refractivity contribution in [2.45, 2.75) is 32.6 Å². The van der Waals surface area contributed by atoms with E-state index in [-0.39, 0.29) is 5.91 Å². The molecule has 2 aliphatic rings. The van der Waals surface area contributed by atoms with Gasteiger partial charge in [0.2, 0.25) is 5.91 Å². The van der Waals surface area contributed by atoms with E-state index < -0.39 is 0 Å². The van der Waals surface area contributed by atoms with Crippen LogP contribution >= 0.6 is 0 Å². The third-order valence-electron chi connectivity index (χ3n) is 4.79. The number of rotatable bonds is 4. The Kier molecular flexibility index (Phi) is 4.86. The second-order valence-electron chi connectivity index (χ2n) is 6.68. The van der Waals surface area contributed by atoms with Crippen LogP contribution in [-0.2, 0) is 4.79 Å². The van der Waals surface area contributed by atoms with Gasteiger partial charge < -0.3 is 15.1 Å². The van der Waals surface area contributed by atoms with Crippen LogP contribution < -0.4 is 10.2 Å². The summed E-state index contributed by atoms with van der Waals surface area (Å²) >= 11 is 0. The van der Waals surface area contributed by atoms with Crippen molar-refractivity contribution in [1.82, 2.24) is 4.90 Å². The lowest BCUT2D eigenvalue weighted by Gasteiger charge is -2.31. The van der Waals surface area contributed by atoms with Crippen LogP contribution in [0.2, 0.25) is 0 Å². The molecule has 1 atom stereocenters. The Morgan fingerprint density at radius 2 is 1.86 bits per heavy atom. The number of hydrogen-bond donors (Lipinski definition) is 1. The lowest BCUT2D eigenvalue weighted by atomic mass is 10.0. The summed E-state index contributed by atoms with van der Waals surface area (Å²) in [7, 11) is 0. The van der Waals surface area contributed by atoms with E-state index in [1.54, 1.807) is 0 Å². The summed E-state index contributed by atoms with van der Waals surface area (Å²) in [5, 5.41) is 3.26. The number of carbonyl (C=O) groups is 1. The minimum Gasteiger partial charge on any atom is -0.376 e. The van der Waals surface area contributed by atoms with Crippen molar-refractivity contribution in [3.8, 4) is 0 Å². The Hall–Kier alpha value is -1.71. The number of likely N-dealkylation sites (tertiary alicyclic amines) is 1. The molecule has 4 nitrogen and oxygen atoms in total. The summed E-state index contributed by atoms with van der Waals surface area (Å²) in [5.74, 6) is 0.854. The SMILES string of the molecule is CC1CCCN(C(=O)CNc2ccc(N3CCCC3)cc2)C1. The first-order valence-corrected chi connectivity index (χ1v) is 8.59. The van der Waals surface area contributed by atoms with Gasteiger partial charge in [-0.2, -0.15) is 0 Å². The van der Waals surface area contributed by atoms with E-state index in [0.29, 0.717) is 12.5 Å². The molecule has 2 aliphatic heterocycles. The lowest BCUT2D eigenvalue weighted by Crippen LogP contribution is -2.41. The highest BCUT2D eigenvalue weighted by Gasteiger charge is 2.20. The number of nitrogens with zero attached hydrogens (tertiary/aromatic N) is 2. The van der Waals surface area contributed by atoms with Gasteiger partial charge in [0.15, 0.2) is 0 Å². The Bertz CT molecular complexity index is 494.